The van der Waals surface area contributed by atoms with Gasteiger partial charge in [-0.05, 0) is 25.1 Å². The Hall–Kier alpha value is 0.0169. The molecule has 0 aliphatic carbocycles. The lowest BCUT2D eigenvalue weighted by molar-refractivity contribution is 0.113. The van der Waals surface area contributed by atoms with Crippen LogP contribution in [0, 0.1) is 0 Å². The summed E-state index contributed by atoms with van der Waals surface area (Å²) in [5, 5.41) is 0. The van der Waals surface area contributed by atoms with E-state index < -0.39 is 8.56 Å². The zero-order valence-electron chi connectivity index (χ0n) is 13.2. The highest BCUT2D eigenvalue weighted by Crippen LogP contribution is 2.19. The van der Waals surface area contributed by atoms with E-state index in [9.17, 15) is 0 Å². The lowest BCUT2D eigenvalue weighted by atomic mass is 10.4. The average Bonchev–Trinajstić information content (AvgIpc) is 2.46. The first-order valence-corrected chi connectivity index (χ1v) is 9.21. The second-order valence-electron chi connectivity index (χ2n) is 4.60. The molecule has 0 spiro atoms. The normalized spacial score (nSPS) is 12.3. The van der Waals surface area contributed by atoms with Gasteiger partial charge in [-0.25, -0.2) is 0 Å². The van der Waals surface area contributed by atoms with Crippen LogP contribution in [0.4, 0.5) is 0 Å². The maximum absolute atomic E-state index is 5.63. The third-order valence-corrected chi connectivity index (χ3v) is 7.22. The van der Waals surface area contributed by atoms with Crippen molar-refractivity contribution in [3.8, 4) is 0 Å². The van der Waals surface area contributed by atoms with Crippen molar-refractivity contribution in [2.24, 2.45) is 0 Å². The maximum Gasteiger partial charge on any atom is 0.337 e. The van der Waals surface area contributed by atoms with Crippen molar-refractivity contribution >= 4 is 8.56 Å². The van der Waals surface area contributed by atoms with Gasteiger partial charge in [0.15, 0.2) is 0 Å². The number of rotatable bonds is 13. The molecular formula is C13H31NO4Si. The molecular weight excluding hydrogens is 262 g/mol. The molecule has 0 aliphatic heterocycles. The lowest BCUT2D eigenvalue weighted by Crippen LogP contribution is -2.40. The predicted molar refractivity (Wildman–Crippen MR) is 79.9 cm³/mol. The van der Waals surface area contributed by atoms with E-state index in [1.54, 1.807) is 28.4 Å². The van der Waals surface area contributed by atoms with E-state index in [0.717, 1.165) is 51.4 Å². The summed E-state index contributed by atoms with van der Waals surface area (Å²) < 4.78 is 21.5. The molecule has 0 rings (SSSR count). The molecule has 0 aromatic heterocycles. The van der Waals surface area contributed by atoms with Crippen LogP contribution in [-0.2, 0) is 18.3 Å². The Kier molecular flexibility index (Phi) is 11.8. The second-order valence-corrected chi connectivity index (χ2v) is 8.45. The molecule has 0 radical (unpaired) electrons. The van der Waals surface area contributed by atoms with Crippen molar-refractivity contribution in [2.75, 3.05) is 61.3 Å². The van der Waals surface area contributed by atoms with Crippen LogP contribution >= 0.6 is 0 Å². The minimum atomic E-state index is -1.94. The minimum absolute atomic E-state index is 0.759. The molecule has 0 saturated carbocycles. The molecule has 6 heteroatoms. The summed E-state index contributed by atoms with van der Waals surface area (Å²) in [6.07, 6.45) is 1.09. The van der Waals surface area contributed by atoms with Gasteiger partial charge in [-0.15, -0.1) is 0 Å². The monoisotopic (exact) mass is 293 g/mol. The third-order valence-electron chi connectivity index (χ3n) is 3.54. The second kappa shape index (κ2) is 11.8. The van der Waals surface area contributed by atoms with Crippen LogP contribution in [0.2, 0.25) is 12.1 Å². The van der Waals surface area contributed by atoms with Gasteiger partial charge in [-0.1, -0.05) is 6.92 Å². The summed E-state index contributed by atoms with van der Waals surface area (Å²) in [4.78, 5) is 2.37. The Balaban J connectivity index is 4.07. The van der Waals surface area contributed by atoms with Crippen molar-refractivity contribution in [3.63, 3.8) is 0 Å². The molecule has 0 heterocycles. The molecule has 116 valence electrons. The molecule has 0 amide bonds. The highest BCUT2D eigenvalue weighted by molar-refractivity contribution is 6.67. The molecule has 5 nitrogen and oxygen atoms in total. The van der Waals surface area contributed by atoms with Gasteiger partial charge in [0.25, 0.3) is 0 Å². The molecule has 19 heavy (non-hydrogen) atoms. The summed E-state index contributed by atoms with van der Waals surface area (Å²) in [6, 6.07) is 2.03. The summed E-state index contributed by atoms with van der Waals surface area (Å²) in [6.45, 7) is 6.59. The van der Waals surface area contributed by atoms with E-state index >= 15 is 0 Å². The minimum Gasteiger partial charge on any atom is -0.398 e. The zero-order valence-corrected chi connectivity index (χ0v) is 14.2. The largest absolute Gasteiger partial charge is 0.398 e. The van der Waals surface area contributed by atoms with Gasteiger partial charge >= 0.3 is 8.56 Å². The fourth-order valence-electron chi connectivity index (χ4n) is 2.10. The smallest absolute Gasteiger partial charge is 0.337 e. The molecule has 0 N–H and O–H groups in total. The van der Waals surface area contributed by atoms with E-state index in [-0.39, 0.29) is 0 Å². The standard InChI is InChI=1S/C13H31NO4Si/c1-6-19(17-4,18-5)13-7-8-14(9-11-15-2)10-12-16-3/h6-13H2,1-5H3. The Labute approximate surface area is 119 Å². The highest BCUT2D eigenvalue weighted by Gasteiger charge is 2.32. The maximum atomic E-state index is 5.63. The van der Waals surface area contributed by atoms with Crippen LogP contribution in [0.25, 0.3) is 0 Å². The number of methoxy groups -OCH3 is 2. The number of hydrogen-bond acceptors (Lipinski definition) is 5. The van der Waals surface area contributed by atoms with Crippen LogP contribution in [0.1, 0.15) is 13.3 Å². The van der Waals surface area contributed by atoms with Gasteiger partial charge < -0.3 is 18.3 Å². The summed E-state index contributed by atoms with van der Waals surface area (Å²) in [7, 11) is 5.08. The SMILES string of the molecule is CC[Si](CCCN(CCOC)CCOC)(OC)OC. The number of hydrogen-bond donors (Lipinski definition) is 0. The molecule has 0 atom stereocenters. The van der Waals surface area contributed by atoms with Crippen molar-refractivity contribution < 1.29 is 18.3 Å². The Morgan fingerprint density at radius 1 is 0.842 bits per heavy atom. The van der Waals surface area contributed by atoms with E-state index in [4.69, 9.17) is 18.3 Å². The quantitative estimate of drug-likeness (QED) is 0.484. The van der Waals surface area contributed by atoms with E-state index in [1.165, 1.54) is 0 Å². The van der Waals surface area contributed by atoms with Crippen molar-refractivity contribution in [1.82, 2.24) is 4.90 Å². The Morgan fingerprint density at radius 2 is 1.37 bits per heavy atom. The van der Waals surface area contributed by atoms with Gasteiger partial charge in [-0.3, -0.25) is 4.90 Å². The van der Waals surface area contributed by atoms with Crippen molar-refractivity contribution in [3.05, 3.63) is 0 Å². The van der Waals surface area contributed by atoms with Gasteiger partial charge in [0.2, 0.25) is 0 Å². The fourth-order valence-corrected chi connectivity index (χ4v) is 4.30. The van der Waals surface area contributed by atoms with Crippen LogP contribution in [0.5, 0.6) is 0 Å². The van der Waals surface area contributed by atoms with Crippen LogP contribution in [0.3, 0.4) is 0 Å². The third kappa shape index (κ3) is 8.01. The van der Waals surface area contributed by atoms with Crippen LogP contribution in [-0.4, -0.2) is 74.7 Å². The molecule has 0 aromatic carbocycles. The van der Waals surface area contributed by atoms with E-state index in [2.05, 4.69) is 11.8 Å². The molecule has 0 bridgehead atoms. The first kappa shape index (κ1) is 19.0. The zero-order chi connectivity index (χ0) is 14.6. The lowest BCUT2D eigenvalue weighted by Gasteiger charge is -2.28. The topological polar surface area (TPSA) is 40.2 Å². The average molecular weight is 293 g/mol. The van der Waals surface area contributed by atoms with Gasteiger partial charge in [0.1, 0.15) is 0 Å². The van der Waals surface area contributed by atoms with Crippen molar-refractivity contribution in [1.29, 1.82) is 0 Å². The highest BCUT2D eigenvalue weighted by atomic mass is 28.4. The molecule has 0 unspecified atom stereocenters. The fraction of sp³-hybridized carbons (Fsp3) is 1.00. The Morgan fingerprint density at radius 3 is 1.74 bits per heavy atom. The number of nitrogens with zero attached hydrogens (tertiary/aromatic N) is 1. The number of ether oxygens (including phenoxy) is 2. The molecule has 0 aliphatic rings. The molecule has 0 saturated heterocycles. The van der Waals surface area contributed by atoms with Crippen LogP contribution < -0.4 is 0 Å². The summed E-state index contributed by atoms with van der Waals surface area (Å²) in [5.41, 5.74) is 0. The first-order chi connectivity index (χ1) is 9.17. The Bertz CT molecular complexity index is 187. The first-order valence-electron chi connectivity index (χ1n) is 6.98. The van der Waals surface area contributed by atoms with Gasteiger partial charge in [0, 0.05) is 41.5 Å². The van der Waals surface area contributed by atoms with E-state index in [0.29, 0.717) is 0 Å². The van der Waals surface area contributed by atoms with Crippen molar-refractivity contribution in [2.45, 2.75) is 25.4 Å². The van der Waals surface area contributed by atoms with Gasteiger partial charge in [0.05, 0.1) is 13.2 Å². The van der Waals surface area contributed by atoms with Gasteiger partial charge in [-0.2, -0.15) is 0 Å². The predicted octanol–water partition coefficient (Wildman–Crippen LogP) is 1.73. The summed E-state index contributed by atoms with van der Waals surface area (Å²) >= 11 is 0. The van der Waals surface area contributed by atoms with Crippen LogP contribution in [0.15, 0.2) is 0 Å². The summed E-state index contributed by atoms with van der Waals surface area (Å²) in [5.74, 6) is 0. The molecule has 0 fully saturated rings. The van der Waals surface area contributed by atoms with E-state index in [1.807, 2.05) is 0 Å². The molecule has 0 aromatic rings.